The Morgan fingerprint density at radius 2 is 1.91 bits per heavy atom. The molecule has 0 spiro atoms. The Balaban J connectivity index is 1.58. The molecule has 0 bridgehead atoms. The first-order valence-corrected chi connectivity index (χ1v) is 11.9. The molecule has 182 valence electrons. The summed E-state index contributed by atoms with van der Waals surface area (Å²) >= 11 is 0. The molecular formula is C26H34N4O4. The van der Waals surface area contributed by atoms with Crippen LogP contribution in [0.5, 0.6) is 5.75 Å². The van der Waals surface area contributed by atoms with Crippen LogP contribution in [0.1, 0.15) is 69.3 Å². The quantitative estimate of drug-likeness (QED) is 0.457. The number of hydrazone groups is 2. The van der Waals surface area contributed by atoms with Gasteiger partial charge < -0.3 is 14.6 Å². The molecule has 2 aliphatic heterocycles. The SMILES string of the molecule is C=C1N(CC(=O)c2cc(OCCCO)cc(C(C)(C)C)c2)N=C2C3=C(CCC3)C(OCC)=NN12. The van der Waals surface area contributed by atoms with E-state index >= 15 is 0 Å². The van der Waals surface area contributed by atoms with E-state index in [-0.39, 0.29) is 24.3 Å². The Bertz CT molecular complexity index is 1080. The summed E-state index contributed by atoms with van der Waals surface area (Å²) in [5.41, 5.74) is 3.65. The van der Waals surface area contributed by atoms with Gasteiger partial charge in [-0.3, -0.25) is 4.79 Å². The molecule has 8 nitrogen and oxygen atoms in total. The molecule has 2 heterocycles. The molecule has 0 saturated carbocycles. The first kappa shape index (κ1) is 24.0. The number of amidine groups is 1. The largest absolute Gasteiger partial charge is 0.493 e. The monoisotopic (exact) mass is 466 g/mol. The first-order chi connectivity index (χ1) is 16.2. The van der Waals surface area contributed by atoms with Crippen LogP contribution in [0.4, 0.5) is 0 Å². The highest BCUT2D eigenvalue weighted by molar-refractivity contribution is 6.12. The number of rotatable bonds is 8. The zero-order valence-electron chi connectivity index (χ0n) is 20.6. The number of fused-ring (bicyclic) bond motifs is 2. The second-order valence-electron chi connectivity index (χ2n) is 9.70. The van der Waals surface area contributed by atoms with Crippen molar-refractivity contribution in [2.24, 2.45) is 10.2 Å². The molecule has 1 N–H and O–H groups in total. The normalized spacial score (nSPS) is 17.5. The third-order valence-corrected chi connectivity index (χ3v) is 6.14. The molecular weight excluding hydrogens is 432 g/mol. The number of Topliss-reactive ketones (excluding diaryl/α,β-unsaturated/α-hetero) is 1. The summed E-state index contributed by atoms with van der Waals surface area (Å²) in [4.78, 5) is 13.4. The molecule has 0 aromatic heterocycles. The summed E-state index contributed by atoms with van der Waals surface area (Å²) in [7, 11) is 0. The molecule has 3 aliphatic rings. The minimum atomic E-state index is -0.154. The Morgan fingerprint density at radius 3 is 2.62 bits per heavy atom. The maximum absolute atomic E-state index is 13.4. The number of hydrogen-bond donors (Lipinski definition) is 1. The lowest BCUT2D eigenvalue weighted by atomic mass is 9.85. The zero-order valence-corrected chi connectivity index (χ0v) is 20.6. The van der Waals surface area contributed by atoms with Gasteiger partial charge in [-0.25, -0.2) is 5.01 Å². The number of ketones is 1. The summed E-state index contributed by atoms with van der Waals surface area (Å²) in [6.45, 7) is 13.4. The van der Waals surface area contributed by atoms with Gasteiger partial charge in [-0.1, -0.05) is 27.4 Å². The smallest absolute Gasteiger partial charge is 0.235 e. The molecule has 4 rings (SSSR count). The van der Waals surface area contributed by atoms with Crippen molar-refractivity contribution in [1.82, 2.24) is 10.0 Å². The van der Waals surface area contributed by atoms with Crippen LogP contribution in [0.2, 0.25) is 0 Å². The van der Waals surface area contributed by atoms with Crippen molar-refractivity contribution in [3.63, 3.8) is 0 Å². The van der Waals surface area contributed by atoms with Crippen LogP contribution in [0.25, 0.3) is 0 Å². The highest BCUT2D eigenvalue weighted by Crippen LogP contribution is 2.37. The number of aliphatic hydroxyl groups is 1. The maximum Gasteiger partial charge on any atom is 0.235 e. The topological polar surface area (TPSA) is 87.0 Å². The van der Waals surface area contributed by atoms with Crippen molar-refractivity contribution in [2.75, 3.05) is 26.4 Å². The standard InChI is InChI=1S/C26H34N4O4/c1-6-33-25-22-10-7-9-21(22)24-27-29(17(2)30(24)28-25)16-23(32)18-13-19(26(3,4)5)15-20(14-18)34-12-8-11-31/h13-15,31H,2,6-12,16H2,1,3-5H3. The van der Waals surface area contributed by atoms with E-state index in [1.165, 1.54) is 0 Å². The molecule has 0 amide bonds. The maximum atomic E-state index is 13.4. The van der Waals surface area contributed by atoms with Crippen LogP contribution < -0.4 is 4.74 Å². The summed E-state index contributed by atoms with van der Waals surface area (Å²) < 4.78 is 11.6. The van der Waals surface area contributed by atoms with Crippen LogP contribution >= 0.6 is 0 Å². The van der Waals surface area contributed by atoms with Gasteiger partial charge >= 0.3 is 0 Å². The van der Waals surface area contributed by atoms with Gasteiger partial charge in [0, 0.05) is 29.7 Å². The number of ether oxygens (including phenoxy) is 2. The van der Waals surface area contributed by atoms with Gasteiger partial charge in [0.25, 0.3) is 0 Å². The fourth-order valence-corrected chi connectivity index (χ4v) is 4.25. The lowest BCUT2D eigenvalue weighted by Gasteiger charge is -2.24. The van der Waals surface area contributed by atoms with E-state index in [1.807, 2.05) is 19.1 Å². The predicted octanol–water partition coefficient (Wildman–Crippen LogP) is 4.17. The van der Waals surface area contributed by atoms with Gasteiger partial charge in [-0.05, 0) is 55.4 Å². The van der Waals surface area contributed by atoms with Crippen LogP contribution in [-0.2, 0) is 10.2 Å². The molecule has 1 aliphatic carbocycles. The van der Waals surface area contributed by atoms with Gasteiger partial charge in [-0.2, -0.15) is 10.1 Å². The fraction of sp³-hybridized carbons (Fsp3) is 0.500. The number of nitrogens with zero attached hydrogens (tertiary/aromatic N) is 4. The minimum absolute atomic E-state index is 0.0462. The van der Waals surface area contributed by atoms with Crippen molar-refractivity contribution < 1.29 is 19.4 Å². The number of carbonyl (C=O) groups excluding carboxylic acids is 1. The van der Waals surface area contributed by atoms with Gasteiger partial charge in [0.15, 0.2) is 11.6 Å². The minimum Gasteiger partial charge on any atom is -0.493 e. The summed E-state index contributed by atoms with van der Waals surface area (Å²) in [5.74, 6) is 2.44. The zero-order chi connectivity index (χ0) is 24.5. The molecule has 0 saturated heterocycles. The van der Waals surface area contributed by atoms with Crippen molar-refractivity contribution >= 4 is 17.5 Å². The van der Waals surface area contributed by atoms with E-state index in [2.05, 4.69) is 32.5 Å². The highest BCUT2D eigenvalue weighted by Gasteiger charge is 2.39. The number of carbonyl (C=O) groups is 1. The summed E-state index contributed by atoms with van der Waals surface area (Å²) in [5, 5.41) is 21.7. The lowest BCUT2D eigenvalue weighted by Crippen LogP contribution is -2.32. The molecule has 0 fully saturated rings. The average molecular weight is 467 g/mol. The van der Waals surface area contributed by atoms with Crippen molar-refractivity contribution in [1.29, 1.82) is 0 Å². The van der Waals surface area contributed by atoms with E-state index in [0.717, 1.165) is 41.8 Å². The average Bonchev–Trinajstić information content (AvgIpc) is 3.39. The first-order valence-electron chi connectivity index (χ1n) is 11.9. The van der Waals surface area contributed by atoms with Crippen molar-refractivity contribution in [3.05, 3.63) is 52.9 Å². The van der Waals surface area contributed by atoms with Gasteiger partial charge in [0.05, 0.1) is 13.2 Å². The summed E-state index contributed by atoms with van der Waals surface area (Å²) in [6, 6.07) is 5.64. The van der Waals surface area contributed by atoms with Crippen LogP contribution in [0.15, 0.2) is 51.9 Å². The van der Waals surface area contributed by atoms with E-state index < -0.39 is 0 Å². The Morgan fingerprint density at radius 1 is 1.15 bits per heavy atom. The Labute approximate surface area is 201 Å². The predicted molar refractivity (Wildman–Crippen MR) is 132 cm³/mol. The van der Waals surface area contributed by atoms with Crippen molar-refractivity contribution in [3.8, 4) is 5.75 Å². The van der Waals surface area contributed by atoms with E-state index in [0.29, 0.717) is 42.7 Å². The summed E-state index contributed by atoms with van der Waals surface area (Å²) in [6.07, 6.45) is 3.40. The number of benzene rings is 1. The highest BCUT2D eigenvalue weighted by atomic mass is 16.5. The second kappa shape index (κ2) is 9.62. The van der Waals surface area contributed by atoms with Gasteiger partial charge in [-0.15, -0.1) is 5.10 Å². The van der Waals surface area contributed by atoms with Crippen LogP contribution in [0, 0.1) is 0 Å². The van der Waals surface area contributed by atoms with Crippen molar-refractivity contribution in [2.45, 2.75) is 58.8 Å². The fourth-order valence-electron chi connectivity index (χ4n) is 4.25. The van der Waals surface area contributed by atoms with Gasteiger partial charge in [0.1, 0.15) is 18.1 Å². The third kappa shape index (κ3) is 4.73. The Hall–Kier alpha value is -3.13. The lowest BCUT2D eigenvalue weighted by molar-refractivity contribution is 0.0947. The van der Waals surface area contributed by atoms with Crippen LogP contribution in [0.3, 0.4) is 0 Å². The molecule has 1 aromatic carbocycles. The van der Waals surface area contributed by atoms with E-state index in [4.69, 9.17) is 19.7 Å². The third-order valence-electron chi connectivity index (χ3n) is 6.14. The van der Waals surface area contributed by atoms with E-state index in [1.54, 1.807) is 16.1 Å². The molecule has 34 heavy (non-hydrogen) atoms. The molecule has 8 heteroatoms. The second-order valence-corrected chi connectivity index (χ2v) is 9.70. The molecule has 1 aromatic rings. The van der Waals surface area contributed by atoms with Crippen LogP contribution in [-0.4, -0.2) is 59.0 Å². The van der Waals surface area contributed by atoms with Gasteiger partial charge in [0.2, 0.25) is 5.90 Å². The molecule has 0 unspecified atom stereocenters. The molecule has 0 radical (unpaired) electrons. The number of aliphatic hydroxyl groups excluding tert-OH is 1. The number of hydrogen-bond acceptors (Lipinski definition) is 8. The molecule has 0 atom stereocenters. The van der Waals surface area contributed by atoms with E-state index in [9.17, 15) is 4.79 Å². The Kier molecular flexibility index (Phi) is 6.79.